The summed E-state index contributed by atoms with van der Waals surface area (Å²) in [7, 11) is 0. The number of Topliss-reactive ketones (excluding diaryl/α,β-unsaturated/α-hetero) is 1. The van der Waals surface area contributed by atoms with Crippen molar-refractivity contribution in [3.63, 3.8) is 0 Å². The van der Waals surface area contributed by atoms with Gasteiger partial charge in [-0.3, -0.25) is 9.59 Å². The molecule has 1 aliphatic rings. The van der Waals surface area contributed by atoms with Gasteiger partial charge in [-0.05, 0) is 24.7 Å². The predicted molar refractivity (Wildman–Crippen MR) is 58.6 cm³/mol. The normalized spacial score (nSPS) is 13.7. The van der Waals surface area contributed by atoms with Gasteiger partial charge in [-0.15, -0.1) is 0 Å². The van der Waals surface area contributed by atoms with Crippen molar-refractivity contribution >= 4 is 17.4 Å². The standard InChI is InChI=1S/C11H12N2O3/c12-4-3-9(14)7-1-2-10-8(5-7)13-11(15)6-16-10/h1-2,5H,3-4,6,12H2,(H,13,15). The molecule has 5 nitrogen and oxygen atoms in total. The molecular formula is C11H12N2O3. The molecule has 2 rings (SSSR count). The van der Waals surface area contributed by atoms with Gasteiger partial charge in [-0.1, -0.05) is 0 Å². The minimum absolute atomic E-state index is 0.0170. The second-order valence-electron chi connectivity index (χ2n) is 3.51. The first-order chi connectivity index (χ1) is 7.70. The number of hydrogen-bond acceptors (Lipinski definition) is 4. The zero-order valence-corrected chi connectivity index (χ0v) is 8.66. The van der Waals surface area contributed by atoms with E-state index in [1.54, 1.807) is 18.2 Å². The van der Waals surface area contributed by atoms with Crippen LogP contribution in [0, 0.1) is 0 Å². The van der Waals surface area contributed by atoms with E-state index >= 15 is 0 Å². The molecular weight excluding hydrogens is 208 g/mol. The fourth-order valence-electron chi connectivity index (χ4n) is 1.53. The lowest BCUT2D eigenvalue weighted by Gasteiger charge is -2.18. The van der Waals surface area contributed by atoms with Gasteiger partial charge in [0, 0.05) is 12.0 Å². The highest BCUT2D eigenvalue weighted by molar-refractivity contribution is 6.00. The lowest BCUT2D eigenvalue weighted by molar-refractivity contribution is -0.118. The molecule has 0 fully saturated rings. The van der Waals surface area contributed by atoms with Crippen LogP contribution in [0.4, 0.5) is 5.69 Å². The fraction of sp³-hybridized carbons (Fsp3) is 0.273. The van der Waals surface area contributed by atoms with Gasteiger partial charge in [0.05, 0.1) is 5.69 Å². The first-order valence-electron chi connectivity index (χ1n) is 5.00. The number of carbonyl (C=O) groups excluding carboxylic acids is 2. The minimum Gasteiger partial charge on any atom is -0.482 e. The van der Waals surface area contributed by atoms with Crippen LogP contribution in [0.1, 0.15) is 16.8 Å². The Morgan fingerprint density at radius 3 is 3.06 bits per heavy atom. The van der Waals surface area contributed by atoms with Crippen LogP contribution in [0.5, 0.6) is 5.75 Å². The van der Waals surface area contributed by atoms with Crippen molar-refractivity contribution in [1.82, 2.24) is 0 Å². The number of ketones is 1. The van der Waals surface area contributed by atoms with Crippen molar-refractivity contribution in [2.75, 3.05) is 18.5 Å². The Morgan fingerprint density at radius 1 is 1.50 bits per heavy atom. The molecule has 0 bridgehead atoms. The number of benzene rings is 1. The number of ether oxygens (including phenoxy) is 1. The zero-order valence-electron chi connectivity index (χ0n) is 8.66. The number of rotatable bonds is 3. The average Bonchev–Trinajstić information content (AvgIpc) is 2.28. The molecule has 0 aromatic heterocycles. The Hall–Kier alpha value is -1.88. The highest BCUT2D eigenvalue weighted by atomic mass is 16.5. The minimum atomic E-state index is -0.212. The molecule has 16 heavy (non-hydrogen) atoms. The summed E-state index contributed by atoms with van der Waals surface area (Å²) >= 11 is 0. The van der Waals surface area contributed by atoms with E-state index in [0.717, 1.165) is 0 Å². The van der Waals surface area contributed by atoms with Gasteiger partial charge >= 0.3 is 0 Å². The van der Waals surface area contributed by atoms with Crippen molar-refractivity contribution in [2.24, 2.45) is 5.73 Å². The van der Waals surface area contributed by atoms with Gasteiger partial charge in [0.15, 0.2) is 12.4 Å². The maximum Gasteiger partial charge on any atom is 0.262 e. The highest BCUT2D eigenvalue weighted by Crippen LogP contribution is 2.28. The number of nitrogens with one attached hydrogen (secondary N) is 1. The van der Waals surface area contributed by atoms with Crippen LogP contribution in [-0.4, -0.2) is 24.8 Å². The molecule has 1 heterocycles. The monoisotopic (exact) mass is 220 g/mol. The van der Waals surface area contributed by atoms with E-state index < -0.39 is 0 Å². The average molecular weight is 220 g/mol. The van der Waals surface area contributed by atoms with Crippen LogP contribution in [0.15, 0.2) is 18.2 Å². The van der Waals surface area contributed by atoms with Gasteiger partial charge in [0.1, 0.15) is 5.75 Å². The summed E-state index contributed by atoms with van der Waals surface area (Å²) in [5, 5.41) is 2.65. The number of hydrogen-bond donors (Lipinski definition) is 2. The van der Waals surface area contributed by atoms with Crippen molar-refractivity contribution in [2.45, 2.75) is 6.42 Å². The summed E-state index contributed by atoms with van der Waals surface area (Å²) in [5.41, 5.74) is 6.39. The van der Waals surface area contributed by atoms with Crippen LogP contribution < -0.4 is 15.8 Å². The third kappa shape index (κ3) is 2.04. The quantitative estimate of drug-likeness (QED) is 0.729. The van der Waals surface area contributed by atoms with E-state index in [9.17, 15) is 9.59 Å². The van der Waals surface area contributed by atoms with Gasteiger partial charge in [0.2, 0.25) is 0 Å². The van der Waals surface area contributed by atoms with Crippen molar-refractivity contribution in [3.05, 3.63) is 23.8 Å². The smallest absolute Gasteiger partial charge is 0.262 e. The molecule has 0 aliphatic carbocycles. The van der Waals surface area contributed by atoms with E-state index in [2.05, 4.69) is 5.32 Å². The summed E-state index contributed by atoms with van der Waals surface area (Å²) in [6.45, 7) is 0.335. The molecule has 0 atom stereocenters. The SMILES string of the molecule is NCCC(=O)c1ccc2c(c1)NC(=O)CO2. The number of nitrogens with two attached hydrogens (primary N) is 1. The third-order valence-corrected chi connectivity index (χ3v) is 2.31. The Bertz CT molecular complexity index is 443. The summed E-state index contributed by atoms with van der Waals surface area (Å²) in [6, 6.07) is 4.97. The second-order valence-corrected chi connectivity index (χ2v) is 3.51. The van der Waals surface area contributed by atoms with E-state index in [1.165, 1.54) is 0 Å². The number of fused-ring (bicyclic) bond motifs is 1. The lowest BCUT2D eigenvalue weighted by Crippen LogP contribution is -2.25. The first-order valence-corrected chi connectivity index (χ1v) is 5.00. The number of carbonyl (C=O) groups is 2. The molecule has 3 N–H and O–H groups in total. The largest absolute Gasteiger partial charge is 0.482 e. The molecule has 0 unspecified atom stereocenters. The Balaban J connectivity index is 2.27. The van der Waals surface area contributed by atoms with E-state index in [1.807, 2.05) is 0 Å². The van der Waals surface area contributed by atoms with Crippen LogP contribution >= 0.6 is 0 Å². The molecule has 1 aromatic carbocycles. The van der Waals surface area contributed by atoms with Gasteiger partial charge < -0.3 is 15.8 Å². The number of amides is 1. The maximum atomic E-state index is 11.6. The van der Waals surface area contributed by atoms with Crippen LogP contribution in [0.2, 0.25) is 0 Å². The second kappa shape index (κ2) is 4.32. The number of anilines is 1. The molecule has 0 saturated carbocycles. The summed E-state index contributed by atoms with van der Waals surface area (Å²) in [6.07, 6.45) is 0.299. The Kier molecular flexibility index (Phi) is 2.87. The van der Waals surface area contributed by atoms with Crippen LogP contribution in [-0.2, 0) is 4.79 Å². The summed E-state index contributed by atoms with van der Waals surface area (Å²) < 4.78 is 5.18. The topological polar surface area (TPSA) is 81.4 Å². The molecule has 1 aromatic rings. The van der Waals surface area contributed by atoms with E-state index in [0.29, 0.717) is 30.0 Å². The summed E-state index contributed by atoms with van der Waals surface area (Å²) in [4.78, 5) is 22.7. The molecule has 1 amide bonds. The van der Waals surface area contributed by atoms with E-state index in [-0.39, 0.29) is 18.3 Å². The van der Waals surface area contributed by atoms with Crippen molar-refractivity contribution < 1.29 is 14.3 Å². The lowest BCUT2D eigenvalue weighted by atomic mass is 10.1. The molecule has 0 radical (unpaired) electrons. The molecule has 84 valence electrons. The van der Waals surface area contributed by atoms with Crippen molar-refractivity contribution in [3.8, 4) is 5.75 Å². The van der Waals surface area contributed by atoms with Crippen molar-refractivity contribution in [1.29, 1.82) is 0 Å². The molecule has 5 heteroatoms. The maximum absolute atomic E-state index is 11.6. The predicted octanol–water partition coefficient (Wildman–Crippen LogP) is 0.549. The van der Waals surface area contributed by atoms with Gasteiger partial charge in [-0.25, -0.2) is 0 Å². The zero-order chi connectivity index (χ0) is 11.5. The third-order valence-electron chi connectivity index (χ3n) is 2.31. The summed E-state index contributed by atoms with van der Waals surface area (Å²) in [5.74, 6) is 0.338. The van der Waals surface area contributed by atoms with Gasteiger partial charge in [0.25, 0.3) is 5.91 Å². The molecule has 0 saturated heterocycles. The molecule has 0 spiro atoms. The van der Waals surface area contributed by atoms with Gasteiger partial charge in [-0.2, -0.15) is 0 Å². The highest BCUT2D eigenvalue weighted by Gasteiger charge is 2.17. The Morgan fingerprint density at radius 2 is 2.31 bits per heavy atom. The first kappa shape index (κ1) is 10.6. The molecule has 1 aliphatic heterocycles. The van der Waals surface area contributed by atoms with E-state index in [4.69, 9.17) is 10.5 Å². The van der Waals surface area contributed by atoms with Crippen LogP contribution in [0.25, 0.3) is 0 Å². The fourth-order valence-corrected chi connectivity index (χ4v) is 1.53. The Labute approximate surface area is 92.6 Å². The van der Waals surface area contributed by atoms with Crippen LogP contribution in [0.3, 0.4) is 0 Å².